The summed E-state index contributed by atoms with van der Waals surface area (Å²) in [4.78, 5) is 0.243. The quantitative estimate of drug-likeness (QED) is 0.208. The minimum absolute atomic E-state index is 0.0363. The van der Waals surface area contributed by atoms with Gasteiger partial charge in [-0.3, -0.25) is 0 Å². The Kier molecular flexibility index (Phi) is 12.8. The van der Waals surface area contributed by atoms with Gasteiger partial charge in [-0.2, -0.15) is 0 Å². The van der Waals surface area contributed by atoms with Crippen molar-refractivity contribution < 1.29 is 41.9 Å². The molecule has 14 atom stereocenters. The summed E-state index contributed by atoms with van der Waals surface area (Å²) < 4.78 is 67.9. The molecule has 1 aromatic rings. The van der Waals surface area contributed by atoms with E-state index in [2.05, 4.69) is 32.9 Å². The van der Waals surface area contributed by atoms with Crippen LogP contribution in [0, 0.1) is 40.4 Å². The molecule has 1 N–H and O–H groups in total. The Morgan fingerprint density at radius 2 is 1.45 bits per heavy atom. The highest BCUT2D eigenvalue weighted by molar-refractivity contribution is 7.92. The average molecular weight is 825 g/mol. The molecule has 5 unspecified atom stereocenters. The highest BCUT2D eigenvalue weighted by atomic mass is 32.2. The molecule has 324 valence electrons. The second-order valence-corrected chi connectivity index (χ2v) is 22.1. The molecule has 6 fully saturated rings. The van der Waals surface area contributed by atoms with Crippen LogP contribution >= 0.6 is 0 Å². The predicted octanol–water partition coefficient (Wildman–Crippen LogP) is 9.33. The van der Waals surface area contributed by atoms with Crippen molar-refractivity contribution in [2.75, 3.05) is 19.8 Å². The Morgan fingerprint density at radius 1 is 0.793 bits per heavy atom. The van der Waals surface area contributed by atoms with Crippen LogP contribution in [0.2, 0.25) is 0 Å². The smallest absolute Gasteiger partial charge is 0.184 e. The van der Waals surface area contributed by atoms with Gasteiger partial charge in [0.15, 0.2) is 28.7 Å². The number of sulfone groups is 1. The first-order valence-corrected chi connectivity index (χ1v) is 24.5. The fourth-order valence-corrected chi connectivity index (χ4v) is 15.1. The number of aliphatic hydroxyl groups excluding tert-OH is 1. The van der Waals surface area contributed by atoms with Gasteiger partial charge in [0.2, 0.25) is 0 Å². The van der Waals surface area contributed by atoms with Gasteiger partial charge >= 0.3 is 0 Å². The maximum absolute atomic E-state index is 14.7. The first-order valence-electron chi connectivity index (χ1n) is 22.9. The van der Waals surface area contributed by atoms with Gasteiger partial charge in [-0.15, -0.1) is 0 Å². The molecule has 58 heavy (non-hydrogen) atoms. The zero-order valence-electron chi connectivity index (χ0n) is 36.1. The fourth-order valence-electron chi connectivity index (χ4n) is 12.8. The summed E-state index contributed by atoms with van der Waals surface area (Å²) in [7, 11) is -3.95. The van der Waals surface area contributed by atoms with E-state index in [1.807, 2.05) is 26.8 Å². The average Bonchev–Trinajstić information content (AvgIpc) is 3.86. The number of allylic oxidation sites excluding steroid dienone is 3. The van der Waals surface area contributed by atoms with Crippen molar-refractivity contribution >= 4 is 9.84 Å². The molecule has 4 aliphatic carbocycles. The third-order valence-corrected chi connectivity index (χ3v) is 18.8. The predicted molar refractivity (Wildman–Crippen MR) is 223 cm³/mol. The van der Waals surface area contributed by atoms with Crippen LogP contribution in [0.3, 0.4) is 0 Å². The van der Waals surface area contributed by atoms with Gasteiger partial charge < -0.3 is 33.5 Å². The molecular weight excluding hydrogens is 753 g/mol. The van der Waals surface area contributed by atoms with E-state index in [1.54, 1.807) is 24.3 Å². The lowest BCUT2D eigenvalue weighted by Crippen LogP contribution is -2.56. The molecule has 8 rings (SSSR count). The van der Waals surface area contributed by atoms with Crippen molar-refractivity contribution in [2.24, 2.45) is 40.4 Å². The lowest BCUT2D eigenvalue weighted by Gasteiger charge is -2.58. The van der Waals surface area contributed by atoms with Gasteiger partial charge in [-0.1, -0.05) is 69.2 Å². The molecule has 3 aliphatic heterocycles. The Morgan fingerprint density at radius 3 is 2.10 bits per heavy atom. The van der Waals surface area contributed by atoms with Crippen molar-refractivity contribution in [3.8, 4) is 0 Å². The number of hydrogen-bond donors (Lipinski definition) is 1. The topological polar surface area (TPSA) is 110 Å². The molecule has 3 saturated carbocycles. The molecule has 10 heteroatoms. The van der Waals surface area contributed by atoms with Crippen LogP contribution in [0.5, 0.6) is 0 Å². The summed E-state index contributed by atoms with van der Waals surface area (Å²) in [5.74, 6) is 0.0666. The molecule has 0 amide bonds. The third kappa shape index (κ3) is 8.09. The zero-order chi connectivity index (χ0) is 40.9. The number of ether oxygens (including phenoxy) is 6. The van der Waals surface area contributed by atoms with E-state index in [4.69, 9.17) is 28.4 Å². The van der Waals surface area contributed by atoms with E-state index in [0.29, 0.717) is 18.4 Å². The van der Waals surface area contributed by atoms with E-state index in [-0.39, 0.29) is 58.6 Å². The van der Waals surface area contributed by atoms with Crippen LogP contribution in [0.4, 0.5) is 0 Å². The minimum atomic E-state index is -3.95. The van der Waals surface area contributed by atoms with Gasteiger partial charge in [0.25, 0.3) is 0 Å². The molecule has 1 aromatic carbocycles. The molecular formula is C48H72O9S. The van der Waals surface area contributed by atoms with E-state index >= 15 is 0 Å². The van der Waals surface area contributed by atoms with Crippen molar-refractivity contribution in [2.45, 2.75) is 184 Å². The van der Waals surface area contributed by atoms with Gasteiger partial charge in [0.05, 0.1) is 34.1 Å². The van der Waals surface area contributed by atoms with Crippen LogP contribution < -0.4 is 0 Å². The molecule has 3 saturated heterocycles. The van der Waals surface area contributed by atoms with E-state index in [9.17, 15) is 13.5 Å². The van der Waals surface area contributed by atoms with Crippen LogP contribution in [-0.4, -0.2) is 81.4 Å². The molecule has 0 spiro atoms. The lowest BCUT2D eigenvalue weighted by molar-refractivity contribution is -0.242. The number of hydrogen-bond acceptors (Lipinski definition) is 9. The summed E-state index contributed by atoms with van der Waals surface area (Å²) >= 11 is 0. The number of benzene rings is 1. The maximum atomic E-state index is 14.7. The van der Waals surface area contributed by atoms with Crippen molar-refractivity contribution in [1.82, 2.24) is 0 Å². The Hall–Kier alpha value is -1.63. The standard InChI is InChI=1S/C48H72O9S/c1-31(44(49)45(58(50,51)35-15-8-7-9-16-35)32(2)46(3,4)57-43-19-14-28-54-43)37-22-23-38-36-21-20-33-29-34(55-41-17-10-12-26-52-41)30-40(56-42-18-11-13-27-53-42)48(33,6)39(36)24-25-47(37,38)5/h7-9,15-16,20-21,31-32,34,37-45,49H,10-14,17-19,22-30H2,1-6H3/t31-,32-,34+,37+,38-,39-,40-,41?,42?,43?,44?,45?,47+,48-/m0/s1. The molecule has 0 radical (unpaired) electrons. The largest absolute Gasteiger partial charge is 0.391 e. The van der Waals surface area contributed by atoms with Gasteiger partial charge in [-0.25, -0.2) is 8.42 Å². The van der Waals surface area contributed by atoms with Crippen molar-refractivity contribution in [1.29, 1.82) is 0 Å². The molecule has 7 aliphatic rings. The normalized spacial score (nSPS) is 39.0. The van der Waals surface area contributed by atoms with E-state index in [0.717, 1.165) is 103 Å². The second-order valence-electron chi connectivity index (χ2n) is 20.0. The monoisotopic (exact) mass is 824 g/mol. The number of rotatable bonds is 13. The molecule has 3 heterocycles. The number of fused-ring (bicyclic) bond motifs is 5. The first-order chi connectivity index (χ1) is 27.7. The molecule has 9 nitrogen and oxygen atoms in total. The third-order valence-electron chi connectivity index (χ3n) is 16.5. The summed E-state index contributed by atoms with van der Waals surface area (Å²) in [6.45, 7) is 15.0. The van der Waals surface area contributed by atoms with Crippen LogP contribution in [0.15, 0.2) is 58.5 Å². The van der Waals surface area contributed by atoms with Gasteiger partial charge in [-0.05, 0) is 132 Å². The summed E-state index contributed by atoms with van der Waals surface area (Å²) in [5.41, 5.74) is 1.82. The highest BCUT2D eigenvalue weighted by Gasteiger charge is 2.61. The fraction of sp³-hybridized carbons (Fsp3) is 0.792. The summed E-state index contributed by atoms with van der Waals surface area (Å²) in [6.07, 6.45) is 16.8. The molecule has 0 bridgehead atoms. The summed E-state index contributed by atoms with van der Waals surface area (Å²) in [5, 5.41) is 11.6. The van der Waals surface area contributed by atoms with Gasteiger partial charge in [0.1, 0.15) is 0 Å². The van der Waals surface area contributed by atoms with Crippen molar-refractivity contribution in [3.63, 3.8) is 0 Å². The highest BCUT2D eigenvalue weighted by Crippen LogP contribution is 2.67. The maximum Gasteiger partial charge on any atom is 0.184 e. The SMILES string of the molecule is C[C@H](C(O)C([C@H](C)C(C)(C)OC1CCCO1)S(=O)(=O)c1ccccc1)[C@H]1CC[C@H]2C3=CC=C4C[C@@H](OC5CCCCO5)C[C@H](OC5CCCCO5)[C@]4(C)[C@H]3CC[C@]12C. The Labute approximate surface area is 348 Å². The van der Waals surface area contributed by atoms with Gasteiger partial charge in [0, 0.05) is 44.0 Å². The number of aliphatic hydroxyl groups is 1. The van der Waals surface area contributed by atoms with Crippen LogP contribution in [0.25, 0.3) is 0 Å². The second kappa shape index (κ2) is 17.3. The lowest BCUT2D eigenvalue weighted by atomic mass is 9.49. The zero-order valence-corrected chi connectivity index (χ0v) is 36.9. The minimum Gasteiger partial charge on any atom is -0.391 e. The van der Waals surface area contributed by atoms with Crippen molar-refractivity contribution in [3.05, 3.63) is 53.6 Å². The van der Waals surface area contributed by atoms with E-state index < -0.39 is 32.7 Å². The Balaban J connectivity index is 1.06. The molecule has 0 aromatic heterocycles. The van der Waals surface area contributed by atoms with Crippen LogP contribution in [0.1, 0.15) is 131 Å². The Bertz CT molecular complexity index is 1730. The van der Waals surface area contributed by atoms with E-state index in [1.165, 1.54) is 11.1 Å². The van der Waals surface area contributed by atoms with Crippen LogP contribution in [-0.2, 0) is 38.3 Å². The summed E-state index contributed by atoms with van der Waals surface area (Å²) in [6, 6.07) is 8.68. The first kappa shape index (κ1) is 43.0.